The van der Waals surface area contributed by atoms with Crippen LogP contribution in [0.15, 0.2) is 18.5 Å². The van der Waals surface area contributed by atoms with Crippen molar-refractivity contribution in [1.82, 2.24) is 10.3 Å². The van der Waals surface area contributed by atoms with Gasteiger partial charge in [0.05, 0.1) is 5.60 Å². The van der Waals surface area contributed by atoms with Gasteiger partial charge in [-0.2, -0.15) is 0 Å². The number of aromatic nitrogens is 1. The highest BCUT2D eigenvalue weighted by molar-refractivity contribution is 5.44. The van der Waals surface area contributed by atoms with Gasteiger partial charge in [0.2, 0.25) is 0 Å². The number of likely N-dealkylation sites (N-methyl/N-ethyl adjacent to an activating group) is 1. The number of nitrogens with two attached hydrogens (primary N) is 1. The molecule has 0 saturated carbocycles. The molecule has 0 amide bonds. The number of nitrogens with zero attached hydrogens (tertiary/aromatic N) is 1. The van der Waals surface area contributed by atoms with Crippen LogP contribution >= 0.6 is 0 Å². The number of anilines is 1. The molecule has 0 aliphatic heterocycles. The number of nitrogen functional groups attached to an aromatic ring is 1. The van der Waals surface area contributed by atoms with Gasteiger partial charge in [-0.3, -0.25) is 4.98 Å². The Labute approximate surface area is 104 Å². The zero-order valence-electron chi connectivity index (χ0n) is 11.2. The summed E-state index contributed by atoms with van der Waals surface area (Å²) >= 11 is 0. The van der Waals surface area contributed by atoms with E-state index in [1.165, 1.54) is 0 Å². The third-order valence-corrected chi connectivity index (χ3v) is 3.07. The molecule has 0 aliphatic carbocycles. The molecule has 0 radical (unpaired) electrons. The molecule has 1 heterocycles. The molecule has 0 bridgehead atoms. The van der Waals surface area contributed by atoms with Gasteiger partial charge < -0.3 is 15.8 Å². The summed E-state index contributed by atoms with van der Waals surface area (Å²) in [5.41, 5.74) is 7.54. The van der Waals surface area contributed by atoms with E-state index in [2.05, 4.69) is 24.1 Å². The fourth-order valence-electron chi connectivity index (χ4n) is 2.00. The van der Waals surface area contributed by atoms with E-state index in [0.29, 0.717) is 6.61 Å². The van der Waals surface area contributed by atoms with Crippen LogP contribution < -0.4 is 11.1 Å². The van der Waals surface area contributed by atoms with E-state index < -0.39 is 0 Å². The minimum Gasteiger partial charge on any atom is -0.398 e. The van der Waals surface area contributed by atoms with Crippen molar-refractivity contribution in [3.63, 3.8) is 0 Å². The first kappa shape index (κ1) is 13.9. The largest absolute Gasteiger partial charge is 0.398 e. The molecule has 17 heavy (non-hydrogen) atoms. The van der Waals surface area contributed by atoms with E-state index in [1.807, 2.05) is 26.2 Å². The predicted octanol–water partition coefficient (Wildman–Crippen LogP) is 1.61. The Kier molecular flexibility index (Phi) is 4.90. The SMILES string of the molecule is CCOC(C)(C)C(Cc1cnccc1N)NC. The first-order valence-corrected chi connectivity index (χ1v) is 6.00. The molecule has 0 fully saturated rings. The number of nitrogens with one attached hydrogen (secondary N) is 1. The molecule has 0 saturated heterocycles. The average Bonchev–Trinajstić information content (AvgIpc) is 2.27. The Hall–Kier alpha value is -1.13. The summed E-state index contributed by atoms with van der Waals surface area (Å²) < 4.78 is 5.77. The Morgan fingerprint density at radius 2 is 2.24 bits per heavy atom. The molecule has 0 spiro atoms. The van der Waals surface area contributed by atoms with Crippen molar-refractivity contribution in [2.75, 3.05) is 19.4 Å². The first-order chi connectivity index (χ1) is 8.01. The smallest absolute Gasteiger partial charge is 0.0781 e. The summed E-state index contributed by atoms with van der Waals surface area (Å²) in [4.78, 5) is 4.11. The highest BCUT2D eigenvalue weighted by atomic mass is 16.5. The van der Waals surface area contributed by atoms with Crippen LogP contribution in [0.2, 0.25) is 0 Å². The molecule has 0 aromatic carbocycles. The zero-order valence-corrected chi connectivity index (χ0v) is 11.2. The fraction of sp³-hybridized carbons (Fsp3) is 0.615. The van der Waals surface area contributed by atoms with Gasteiger partial charge in [-0.25, -0.2) is 0 Å². The van der Waals surface area contributed by atoms with Crippen LogP contribution in [-0.4, -0.2) is 30.3 Å². The highest BCUT2D eigenvalue weighted by Crippen LogP contribution is 2.20. The van der Waals surface area contributed by atoms with E-state index in [4.69, 9.17) is 10.5 Å². The average molecular weight is 237 g/mol. The second-order valence-electron chi connectivity index (χ2n) is 4.66. The van der Waals surface area contributed by atoms with Gasteiger partial charge in [0.25, 0.3) is 0 Å². The predicted molar refractivity (Wildman–Crippen MR) is 70.9 cm³/mol. The van der Waals surface area contributed by atoms with Gasteiger partial charge in [-0.1, -0.05) is 0 Å². The van der Waals surface area contributed by atoms with Crippen LogP contribution in [0.1, 0.15) is 26.3 Å². The molecule has 1 aromatic heterocycles. The fourth-order valence-corrected chi connectivity index (χ4v) is 2.00. The van der Waals surface area contributed by atoms with Gasteiger partial charge in [-0.05, 0) is 45.9 Å². The van der Waals surface area contributed by atoms with Crippen molar-refractivity contribution in [2.45, 2.75) is 38.8 Å². The van der Waals surface area contributed by atoms with Crippen molar-refractivity contribution in [2.24, 2.45) is 0 Å². The van der Waals surface area contributed by atoms with Crippen molar-refractivity contribution in [3.8, 4) is 0 Å². The molecule has 1 atom stereocenters. The number of hydrogen-bond donors (Lipinski definition) is 2. The van der Waals surface area contributed by atoms with E-state index in [0.717, 1.165) is 17.7 Å². The maximum atomic E-state index is 5.93. The minimum atomic E-state index is -0.230. The summed E-state index contributed by atoms with van der Waals surface area (Å²) in [5.74, 6) is 0. The second kappa shape index (κ2) is 5.98. The molecular formula is C13H23N3O. The Morgan fingerprint density at radius 1 is 1.53 bits per heavy atom. The van der Waals surface area contributed by atoms with Crippen LogP contribution in [0.4, 0.5) is 5.69 Å². The lowest BCUT2D eigenvalue weighted by Gasteiger charge is -2.34. The van der Waals surface area contributed by atoms with Crippen LogP contribution in [0.5, 0.6) is 0 Å². The monoisotopic (exact) mass is 237 g/mol. The molecule has 1 aromatic rings. The van der Waals surface area contributed by atoms with E-state index in [-0.39, 0.29) is 11.6 Å². The van der Waals surface area contributed by atoms with Crippen molar-refractivity contribution >= 4 is 5.69 Å². The standard InChI is InChI=1S/C13H23N3O/c1-5-17-13(2,3)12(15-4)8-10-9-16-7-6-11(10)14/h6-7,9,12,15H,5,8H2,1-4H3,(H2,14,16). The Morgan fingerprint density at radius 3 is 2.76 bits per heavy atom. The molecule has 1 rings (SSSR count). The highest BCUT2D eigenvalue weighted by Gasteiger charge is 2.29. The quantitative estimate of drug-likeness (QED) is 0.789. The lowest BCUT2D eigenvalue weighted by atomic mass is 9.92. The summed E-state index contributed by atoms with van der Waals surface area (Å²) in [6, 6.07) is 2.03. The van der Waals surface area contributed by atoms with Gasteiger partial charge in [0.15, 0.2) is 0 Å². The van der Waals surface area contributed by atoms with Crippen LogP contribution in [0.3, 0.4) is 0 Å². The van der Waals surface area contributed by atoms with Crippen molar-refractivity contribution in [3.05, 3.63) is 24.0 Å². The molecule has 0 aliphatic rings. The summed E-state index contributed by atoms with van der Waals surface area (Å²) in [7, 11) is 1.94. The molecule has 96 valence electrons. The number of pyridine rings is 1. The topological polar surface area (TPSA) is 60.2 Å². The van der Waals surface area contributed by atoms with Gasteiger partial charge in [0, 0.05) is 30.7 Å². The maximum Gasteiger partial charge on any atom is 0.0781 e. The number of ether oxygens (including phenoxy) is 1. The van der Waals surface area contributed by atoms with Gasteiger partial charge >= 0.3 is 0 Å². The maximum absolute atomic E-state index is 5.93. The molecular weight excluding hydrogens is 214 g/mol. The Bertz CT molecular complexity index is 352. The van der Waals surface area contributed by atoms with Crippen molar-refractivity contribution < 1.29 is 4.74 Å². The normalized spacial score (nSPS) is 13.6. The van der Waals surface area contributed by atoms with Crippen LogP contribution in [0.25, 0.3) is 0 Å². The molecule has 4 heteroatoms. The molecule has 3 N–H and O–H groups in total. The lowest BCUT2D eigenvalue weighted by Crippen LogP contribution is -2.48. The Balaban J connectivity index is 2.80. The summed E-state index contributed by atoms with van der Waals surface area (Å²) in [6.07, 6.45) is 4.34. The molecule has 4 nitrogen and oxygen atoms in total. The zero-order chi connectivity index (χ0) is 12.9. The van der Waals surface area contributed by atoms with Crippen LogP contribution in [0, 0.1) is 0 Å². The van der Waals surface area contributed by atoms with Crippen molar-refractivity contribution in [1.29, 1.82) is 0 Å². The van der Waals surface area contributed by atoms with E-state index >= 15 is 0 Å². The van der Waals surface area contributed by atoms with Crippen LogP contribution in [-0.2, 0) is 11.2 Å². The van der Waals surface area contributed by atoms with Gasteiger partial charge in [0.1, 0.15) is 0 Å². The van der Waals surface area contributed by atoms with E-state index in [1.54, 1.807) is 6.20 Å². The first-order valence-electron chi connectivity index (χ1n) is 6.00. The van der Waals surface area contributed by atoms with Gasteiger partial charge in [-0.15, -0.1) is 0 Å². The second-order valence-corrected chi connectivity index (χ2v) is 4.66. The third kappa shape index (κ3) is 3.68. The lowest BCUT2D eigenvalue weighted by molar-refractivity contribution is -0.0363. The van der Waals surface area contributed by atoms with E-state index in [9.17, 15) is 0 Å². The summed E-state index contributed by atoms with van der Waals surface area (Å²) in [5, 5.41) is 3.29. The summed E-state index contributed by atoms with van der Waals surface area (Å²) in [6.45, 7) is 6.88. The number of hydrogen-bond acceptors (Lipinski definition) is 4. The third-order valence-electron chi connectivity index (χ3n) is 3.07. The number of rotatable bonds is 6. The minimum absolute atomic E-state index is 0.203. The molecule has 1 unspecified atom stereocenters.